The van der Waals surface area contributed by atoms with Crippen molar-refractivity contribution in [2.75, 3.05) is 5.73 Å². The summed E-state index contributed by atoms with van der Waals surface area (Å²) in [7, 11) is 0. The summed E-state index contributed by atoms with van der Waals surface area (Å²) >= 11 is 3.44. The number of aromatic nitrogens is 2. The predicted octanol–water partition coefficient (Wildman–Crippen LogP) is 2.87. The molecule has 1 aromatic heterocycles. The topological polar surface area (TPSA) is 53.0 Å². The lowest BCUT2D eigenvalue weighted by Crippen LogP contribution is -2.22. The molecule has 2 N–H and O–H groups in total. The van der Waals surface area contributed by atoms with Crippen LogP contribution in [0.1, 0.15) is 25.1 Å². The zero-order chi connectivity index (χ0) is 14.2. The minimum atomic E-state index is -0.135. The molecule has 1 aromatic carbocycles. The van der Waals surface area contributed by atoms with Crippen molar-refractivity contribution < 1.29 is 0 Å². The fraction of sp³-hybridized carbons (Fsp3) is 0.357. The quantitative estimate of drug-likeness (QED) is 0.944. The second kappa shape index (κ2) is 5.25. The van der Waals surface area contributed by atoms with Gasteiger partial charge in [0, 0.05) is 11.0 Å². The van der Waals surface area contributed by atoms with Gasteiger partial charge in [0.25, 0.3) is 5.56 Å². The predicted molar refractivity (Wildman–Crippen MR) is 81.9 cm³/mol. The average molecular weight is 324 g/mol. The molecule has 2 aromatic rings. The van der Waals surface area contributed by atoms with Gasteiger partial charge in [0.05, 0.1) is 11.4 Å². The number of benzene rings is 1. The summed E-state index contributed by atoms with van der Waals surface area (Å²) in [6, 6.07) is 5.87. The van der Waals surface area contributed by atoms with Crippen molar-refractivity contribution in [3.8, 4) is 5.69 Å². The fourth-order valence-electron chi connectivity index (χ4n) is 2.41. The molecule has 0 radical (unpaired) electrons. The molecule has 0 atom stereocenters. The summed E-state index contributed by atoms with van der Waals surface area (Å²) < 4.78 is 4.63. The number of anilines is 1. The lowest BCUT2D eigenvalue weighted by molar-refractivity contribution is 0.549. The van der Waals surface area contributed by atoms with Crippen molar-refractivity contribution in [2.24, 2.45) is 0 Å². The molecule has 0 saturated heterocycles. The van der Waals surface area contributed by atoms with E-state index in [1.54, 1.807) is 4.68 Å². The standard InChI is InChI=1S/C14H18BrN3O/c1-4-11-13(16)14(19)18(17(11)5-2)12-7-6-10(15)8-9(12)3/h6-8H,4-5,16H2,1-3H3. The Morgan fingerprint density at radius 3 is 2.53 bits per heavy atom. The number of hydrogen-bond acceptors (Lipinski definition) is 2. The second-order valence-corrected chi connectivity index (χ2v) is 5.39. The molecule has 5 heteroatoms. The van der Waals surface area contributed by atoms with Crippen molar-refractivity contribution in [1.29, 1.82) is 0 Å². The highest BCUT2D eigenvalue weighted by Crippen LogP contribution is 2.21. The maximum atomic E-state index is 12.4. The first-order valence-corrected chi connectivity index (χ1v) is 7.17. The summed E-state index contributed by atoms with van der Waals surface area (Å²) in [4.78, 5) is 12.4. The molecule has 2 rings (SSSR count). The molecule has 0 unspecified atom stereocenters. The van der Waals surface area contributed by atoms with Crippen molar-refractivity contribution in [2.45, 2.75) is 33.7 Å². The number of nitrogen functional groups attached to an aromatic ring is 1. The summed E-state index contributed by atoms with van der Waals surface area (Å²) in [6.45, 7) is 6.73. The smallest absolute Gasteiger partial charge is 0.294 e. The molecule has 0 fully saturated rings. The van der Waals surface area contributed by atoms with E-state index in [4.69, 9.17) is 5.73 Å². The van der Waals surface area contributed by atoms with E-state index in [9.17, 15) is 4.79 Å². The van der Waals surface area contributed by atoms with Gasteiger partial charge in [-0.1, -0.05) is 22.9 Å². The first kappa shape index (κ1) is 13.9. The number of nitrogens with two attached hydrogens (primary N) is 1. The third-order valence-corrected chi connectivity index (χ3v) is 3.80. The molecule has 0 saturated carbocycles. The van der Waals surface area contributed by atoms with E-state index in [-0.39, 0.29) is 5.56 Å². The Balaban J connectivity index is 2.78. The van der Waals surface area contributed by atoms with E-state index in [2.05, 4.69) is 15.9 Å². The zero-order valence-corrected chi connectivity index (χ0v) is 13.0. The maximum Gasteiger partial charge on any atom is 0.294 e. The van der Waals surface area contributed by atoms with Gasteiger partial charge in [-0.3, -0.25) is 9.48 Å². The number of rotatable bonds is 3. The van der Waals surface area contributed by atoms with Gasteiger partial charge in [0.2, 0.25) is 0 Å². The van der Waals surface area contributed by atoms with Gasteiger partial charge in [0.1, 0.15) is 5.69 Å². The van der Waals surface area contributed by atoms with E-state index in [0.717, 1.165) is 27.8 Å². The number of aryl methyl sites for hydroxylation is 1. The summed E-state index contributed by atoms with van der Waals surface area (Å²) in [5, 5.41) is 0. The Hall–Kier alpha value is -1.49. The normalized spacial score (nSPS) is 10.9. The second-order valence-electron chi connectivity index (χ2n) is 4.48. The van der Waals surface area contributed by atoms with Crippen LogP contribution < -0.4 is 11.3 Å². The van der Waals surface area contributed by atoms with Crippen LogP contribution in [0, 0.1) is 6.92 Å². The first-order chi connectivity index (χ1) is 9.01. The van der Waals surface area contributed by atoms with Gasteiger partial charge in [-0.15, -0.1) is 0 Å². The lowest BCUT2D eigenvalue weighted by Gasteiger charge is -2.14. The molecule has 0 bridgehead atoms. The highest BCUT2D eigenvalue weighted by molar-refractivity contribution is 9.10. The van der Waals surface area contributed by atoms with Crippen LogP contribution in [0.15, 0.2) is 27.5 Å². The van der Waals surface area contributed by atoms with Crippen LogP contribution in [-0.2, 0) is 13.0 Å². The Labute approximate surface area is 120 Å². The highest BCUT2D eigenvalue weighted by Gasteiger charge is 2.17. The largest absolute Gasteiger partial charge is 0.393 e. The van der Waals surface area contributed by atoms with Gasteiger partial charge in [-0.25, -0.2) is 4.68 Å². The van der Waals surface area contributed by atoms with Crippen LogP contribution in [0.2, 0.25) is 0 Å². The van der Waals surface area contributed by atoms with Crippen LogP contribution in [0.3, 0.4) is 0 Å². The minimum Gasteiger partial charge on any atom is -0.393 e. The highest BCUT2D eigenvalue weighted by atomic mass is 79.9. The van der Waals surface area contributed by atoms with Crippen molar-refractivity contribution in [1.82, 2.24) is 9.36 Å². The van der Waals surface area contributed by atoms with Crippen molar-refractivity contribution >= 4 is 21.6 Å². The van der Waals surface area contributed by atoms with E-state index in [1.807, 2.05) is 43.7 Å². The Kier molecular flexibility index (Phi) is 3.85. The van der Waals surface area contributed by atoms with E-state index >= 15 is 0 Å². The Morgan fingerprint density at radius 2 is 2.00 bits per heavy atom. The lowest BCUT2D eigenvalue weighted by atomic mass is 10.2. The maximum absolute atomic E-state index is 12.4. The van der Waals surface area contributed by atoms with Crippen LogP contribution in [0.4, 0.5) is 5.69 Å². The van der Waals surface area contributed by atoms with Crippen molar-refractivity contribution in [3.63, 3.8) is 0 Å². The molecule has 102 valence electrons. The molecule has 0 spiro atoms. The zero-order valence-electron chi connectivity index (χ0n) is 11.4. The molecule has 0 aliphatic rings. The van der Waals surface area contributed by atoms with Gasteiger partial charge in [0.15, 0.2) is 0 Å². The van der Waals surface area contributed by atoms with Gasteiger partial charge in [-0.05, 0) is 44.0 Å². The number of nitrogens with zero attached hydrogens (tertiary/aromatic N) is 2. The molecule has 0 aliphatic carbocycles. The Bertz CT molecular complexity index is 670. The van der Waals surface area contributed by atoms with Crippen LogP contribution in [0.5, 0.6) is 0 Å². The minimum absolute atomic E-state index is 0.135. The van der Waals surface area contributed by atoms with Crippen LogP contribution >= 0.6 is 15.9 Å². The molecule has 1 heterocycles. The fourth-order valence-corrected chi connectivity index (χ4v) is 2.88. The van der Waals surface area contributed by atoms with Gasteiger partial charge >= 0.3 is 0 Å². The van der Waals surface area contributed by atoms with Crippen LogP contribution in [-0.4, -0.2) is 9.36 Å². The Morgan fingerprint density at radius 1 is 1.32 bits per heavy atom. The monoisotopic (exact) mass is 323 g/mol. The van der Waals surface area contributed by atoms with E-state index < -0.39 is 0 Å². The summed E-state index contributed by atoms with van der Waals surface area (Å²) in [5.74, 6) is 0. The molecule has 0 aliphatic heterocycles. The third kappa shape index (κ3) is 2.23. The third-order valence-electron chi connectivity index (χ3n) is 3.31. The molecule has 19 heavy (non-hydrogen) atoms. The molecular weight excluding hydrogens is 306 g/mol. The first-order valence-electron chi connectivity index (χ1n) is 6.37. The summed E-state index contributed by atoms with van der Waals surface area (Å²) in [5.41, 5.74) is 8.97. The number of halogens is 1. The molecule has 0 amide bonds. The summed E-state index contributed by atoms with van der Waals surface area (Å²) in [6.07, 6.45) is 0.748. The van der Waals surface area contributed by atoms with Gasteiger partial charge < -0.3 is 5.73 Å². The van der Waals surface area contributed by atoms with Crippen LogP contribution in [0.25, 0.3) is 5.69 Å². The van der Waals surface area contributed by atoms with Crippen molar-refractivity contribution in [3.05, 3.63) is 44.3 Å². The average Bonchev–Trinajstić information content (AvgIpc) is 2.62. The molecule has 4 nitrogen and oxygen atoms in total. The SMILES string of the molecule is CCc1c(N)c(=O)n(-c2ccc(Br)cc2C)n1CC. The van der Waals surface area contributed by atoms with Gasteiger partial charge in [-0.2, -0.15) is 0 Å². The van der Waals surface area contributed by atoms with E-state index in [1.165, 1.54) is 0 Å². The van der Waals surface area contributed by atoms with E-state index in [0.29, 0.717) is 12.2 Å². The molecular formula is C14H18BrN3O. The number of hydrogen-bond donors (Lipinski definition) is 1.